The SMILES string of the molecule is C=C(C)C(=O)OCC(O)COC(C)(C)CSCC. The molecule has 0 aliphatic heterocycles. The number of aliphatic hydroxyl groups is 1. The van der Waals surface area contributed by atoms with Crippen LogP contribution in [0.1, 0.15) is 27.7 Å². The van der Waals surface area contributed by atoms with Gasteiger partial charge in [-0.3, -0.25) is 0 Å². The molecule has 0 aromatic carbocycles. The van der Waals surface area contributed by atoms with Crippen LogP contribution in [0.4, 0.5) is 0 Å². The Morgan fingerprint density at radius 1 is 1.44 bits per heavy atom. The number of hydrogen-bond donors (Lipinski definition) is 1. The van der Waals surface area contributed by atoms with Crippen molar-refractivity contribution in [2.24, 2.45) is 0 Å². The molecule has 106 valence electrons. The predicted octanol–water partition coefficient (Wildman–Crippen LogP) is 2.01. The molecule has 0 bridgehead atoms. The number of esters is 1. The summed E-state index contributed by atoms with van der Waals surface area (Å²) < 4.78 is 10.4. The van der Waals surface area contributed by atoms with Crippen molar-refractivity contribution in [3.8, 4) is 0 Å². The van der Waals surface area contributed by atoms with E-state index in [2.05, 4.69) is 13.5 Å². The van der Waals surface area contributed by atoms with Crippen molar-refractivity contribution in [2.45, 2.75) is 39.4 Å². The second kappa shape index (κ2) is 8.56. The van der Waals surface area contributed by atoms with Gasteiger partial charge in [-0.05, 0) is 26.5 Å². The topological polar surface area (TPSA) is 55.8 Å². The molecule has 0 saturated carbocycles. The van der Waals surface area contributed by atoms with Crippen molar-refractivity contribution in [3.63, 3.8) is 0 Å². The highest BCUT2D eigenvalue weighted by atomic mass is 32.2. The Morgan fingerprint density at radius 2 is 2.06 bits per heavy atom. The van der Waals surface area contributed by atoms with Crippen molar-refractivity contribution in [2.75, 3.05) is 24.7 Å². The Balaban J connectivity index is 3.85. The van der Waals surface area contributed by atoms with Crippen LogP contribution in [0, 0.1) is 0 Å². The number of carbonyl (C=O) groups is 1. The van der Waals surface area contributed by atoms with Gasteiger partial charge in [-0.15, -0.1) is 0 Å². The molecule has 0 heterocycles. The molecule has 0 aliphatic carbocycles. The summed E-state index contributed by atoms with van der Waals surface area (Å²) in [5.74, 6) is 1.41. The fourth-order valence-corrected chi connectivity index (χ4v) is 1.83. The van der Waals surface area contributed by atoms with E-state index in [1.54, 1.807) is 18.7 Å². The molecule has 1 atom stereocenters. The Labute approximate surface area is 114 Å². The van der Waals surface area contributed by atoms with Crippen molar-refractivity contribution in [3.05, 3.63) is 12.2 Å². The summed E-state index contributed by atoms with van der Waals surface area (Å²) in [6.45, 7) is 11.2. The predicted molar refractivity (Wildman–Crippen MR) is 74.8 cm³/mol. The van der Waals surface area contributed by atoms with Gasteiger partial charge in [-0.1, -0.05) is 13.5 Å². The minimum atomic E-state index is -0.806. The maximum atomic E-state index is 11.1. The minimum absolute atomic E-state index is 0.0668. The fraction of sp³-hybridized carbons (Fsp3) is 0.769. The summed E-state index contributed by atoms with van der Waals surface area (Å²) in [4.78, 5) is 11.1. The Morgan fingerprint density at radius 3 is 2.56 bits per heavy atom. The van der Waals surface area contributed by atoms with Crippen LogP contribution in [-0.4, -0.2) is 47.5 Å². The Kier molecular flexibility index (Phi) is 8.31. The van der Waals surface area contributed by atoms with Crippen LogP contribution in [0.25, 0.3) is 0 Å². The van der Waals surface area contributed by atoms with Gasteiger partial charge in [0.25, 0.3) is 0 Å². The van der Waals surface area contributed by atoms with E-state index >= 15 is 0 Å². The quantitative estimate of drug-likeness (QED) is 0.516. The number of aliphatic hydroxyl groups excluding tert-OH is 1. The first-order chi connectivity index (χ1) is 8.28. The van der Waals surface area contributed by atoms with E-state index in [9.17, 15) is 9.90 Å². The van der Waals surface area contributed by atoms with Crippen molar-refractivity contribution < 1.29 is 19.4 Å². The van der Waals surface area contributed by atoms with E-state index in [4.69, 9.17) is 9.47 Å². The van der Waals surface area contributed by atoms with Crippen LogP contribution in [-0.2, 0) is 14.3 Å². The summed E-state index contributed by atoms with van der Waals surface area (Å²) in [5, 5.41) is 9.63. The molecule has 1 unspecified atom stereocenters. The zero-order valence-corrected chi connectivity index (χ0v) is 12.5. The van der Waals surface area contributed by atoms with Gasteiger partial charge >= 0.3 is 5.97 Å². The molecule has 4 nitrogen and oxygen atoms in total. The average Bonchev–Trinajstić information content (AvgIpc) is 2.30. The van der Waals surface area contributed by atoms with E-state index < -0.39 is 12.1 Å². The average molecular weight is 276 g/mol. The highest BCUT2D eigenvalue weighted by Crippen LogP contribution is 2.17. The van der Waals surface area contributed by atoms with Gasteiger partial charge in [-0.2, -0.15) is 11.8 Å². The second-order valence-corrected chi connectivity index (χ2v) is 6.01. The van der Waals surface area contributed by atoms with E-state index in [1.165, 1.54) is 0 Å². The molecule has 1 N–H and O–H groups in total. The lowest BCUT2D eigenvalue weighted by Gasteiger charge is -2.26. The first-order valence-corrected chi connectivity index (χ1v) is 7.16. The van der Waals surface area contributed by atoms with Gasteiger partial charge in [0.1, 0.15) is 12.7 Å². The van der Waals surface area contributed by atoms with Crippen LogP contribution < -0.4 is 0 Å². The lowest BCUT2D eigenvalue weighted by Crippen LogP contribution is -2.33. The molecule has 0 aliphatic rings. The summed E-state index contributed by atoms with van der Waals surface area (Å²) in [6, 6.07) is 0. The third-order valence-corrected chi connectivity index (χ3v) is 3.38. The van der Waals surface area contributed by atoms with Gasteiger partial charge in [0.2, 0.25) is 0 Å². The fourth-order valence-electron chi connectivity index (χ4n) is 1.05. The van der Waals surface area contributed by atoms with Gasteiger partial charge < -0.3 is 14.6 Å². The molecule has 0 aromatic rings. The van der Waals surface area contributed by atoms with Crippen molar-refractivity contribution in [1.29, 1.82) is 0 Å². The number of hydrogen-bond acceptors (Lipinski definition) is 5. The minimum Gasteiger partial charge on any atom is -0.460 e. The van der Waals surface area contributed by atoms with Crippen LogP contribution in [0.5, 0.6) is 0 Å². The van der Waals surface area contributed by atoms with Gasteiger partial charge in [0.15, 0.2) is 0 Å². The molecule has 18 heavy (non-hydrogen) atoms. The van der Waals surface area contributed by atoms with Crippen LogP contribution in [0.3, 0.4) is 0 Å². The Bertz CT molecular complexity index is 276. The maximum absolute atomic E-state index is 11.1. The molecule has 0 radical (unpaired) electrons. The van der Waals surface area contributed by atoms with E-state index in [0.29, 0.717) is 5.57 Å². The summed E-state index contributed by atoms with van der Waals surface area (Å²) in [5.41, 5.74) is 0.0304. The molecule has 0 amide bonds. The van der Waals surface area contributed by atoms with E-state index in [1.807, 2.05) is 13.8 Å². The molecular formula is C13H24O4S. The summed E-state index contributed by atoms with van der Waals surface area (Å²) >= 11 is 1.79. The number of carbonyl (C=O) groups excluding carboxylic acids is 1. The largest absolute Gasteiger partial charge is 0.460 e. The molecule has 0 spiro atoms. The molecule has 0 rings (SSSR count). The van der Waals surface area contributed by atoms with E-state index in [0.717, 1.165) is 11.5 Å². The molecular weight excluding hydrogens is 252 g/mol. The summed E-state index contributed by atoms with van der Waals surface area (Å²) in [6.07, 6.45) is -0.806. The van der Waals surface area contributed by atoms with Crippen LogP contribution >= 0.6 is 11.8 Å². The lowest BCUT2D eigenvalue weighted by atomic mass is 10.2. The smallest absolute Gasteiger partial charge is 0.333 e. The van der Waals surface area contributed by atoms with Crippen molar-refractivity contribution >= 4 is 17.7 Å². The summed E-state index contributed by atoms with van der Waals surface area (Å²) in [7, 11) is 0. The normalized spacial score (nSPS) is 13.2. The van der Waals surface area contributed by atoms with E-state index in [-0.39, 0.29) is 18.8 Å². The first-order valence-electron chi connectivity index (χ1n) is 6.01. The maximum Gasteiger partial charge on any atom is 0.333 e. The zero-order chi connectivity index (χ0) is 14.2. The second-order valence-electron chi connectivity index (χ2n) is 4.74. The van der Waals surface area contributed by atoms with Gasteiger partial charge in [0.05, 0.1) is 12.2 Å². The molecule has 0 fully saturated rings. The third-order valence-electron chi connectivity index (χ3n) is 2.08. The highest BCUT2D eigenvalue weighted by molar-refractivity contribution is 7.99. The van der Waals surface area contributed by atoms with Crippen LogP contribution in [0.15, 0.2) is 12.2 Å². The number of rotatable bonds is 9. The highest BCUT2D eigenvalue weighted by Gasteiger charge is 2.20. The monoisotopic (exact) mass is 276 g/mol. The molecule has 0 aromatic heterocycles. The van der Waals surface area contributed by atoms with Crippen molar-refractivity contribution in [1.82, 2.24) is 0 Å². The third kappa shape index (κ3) is 8.55. The van der Waals surface area contributed by atoms with Crippen LogP contribution in [0.2, 0.25) is 0 Å². The van der Waals surface area contributed by atoms with Gasteiger partial charge in [0, 0.05) is 11.3 Å². The standard InChI is InChI=1S/C13H24O4S/c1-6-18-9-13(4,5)17-8-11(14)7-16-12(15)10(2)3/h11,14H,2,6-9H2,1,3-5H3. The Hall–Kier alpha value is -0.520. The lowest BCUT2D eigenvalue weighted by molar-refractivity contribution is -0.144. The molecule has 0 saturated heterocycles. The van der Waals surface area contributed by atoms with Gasteiger partial charge in [-0.25, -0.2) is 4.79 Å². The number of thioether (sulfide) groups is 1. The number of ether oxygens (including phenoxy) is 2. The zero-order valence-electron chi connectivity index (χ0n) is 11.7. The molecule has 5 heteroatoms. The first kappa shape index (κ1) is 17.5.